The van der Waals surface area contributed by atoms with Crippen LogP contribution in [0.1, 0.15) is 12.0 Å². The first-order chi connectivity index (χ1) is 11.0. The van der Waals surface area contributed by atoms with Crippen molar-refractivity contribution in [3.63, 3.8) is 0 Å². The van der Waals surface area contributed by atoms with E-state index in [0.29, 0.717) is 12.4 Å². The third-order valence-corrected chi connectivity index (χ3v) is 4.41. The van der Waals surface area contributed by atoms with Crippen molar-refractivity contribution in [1.82, 2.24) is 4.98 Å². The van der Waals surface area contributed by atoms with Crippen LogP contribution >= 0.6 is 15.9 Å². The van der Waals surface area contributed by atoms with Gasteiger partial charge in [-0.3, -0.25) is 9.59 Å². The van der Waals surface area contributed by atoms with Crippen LogP contribution in [0.2, 0.25) is 0 Å². The normalized spacial score (nSPS) is 17.4. The molecule has 1 unspecified atom stereocenters. The van der Waals surface area contributed by atoms with Gasteiger partial charge in [0.2, 0.25) is 11.8 Å². The average Bonchev–Trinajstić information content (AvgIpc) is 2.92. The van der Waals surface area contributed by atoms with Gasteiger partial charge in [-0.2, -0.15) is 0 Å². The molecule has 1 fully saturated rings. The summed E-state index contributed by atoms with van der Waals surface area (Å²) < 4.78 is 0.952. The Morgan fingerprint density at radius 3 is 2.74 bits per heavy atom. The van der Waals surface area contributed by atoms with Crippen LogP contribution in [0, 0.1) is 12.8 Å². The number of carbonyl (C=O) groups excluding carboxylic acids is 2. The summed E-state index contributed by atoms with van der Waals surface area (Å²) in [6, 6.07) is 11.2. The van der Waals surface area contributed by atoms with E-state index in [2.05, 4.69) is 26.2 Å². The van der Waals surface area contributed by atoms with Gasteiger partial charge in [0.15, 0.2) is 0 Å². The highest BCUT2D eigenvalue weighted by atomic mass is 79.9. The number of hydrogen-bond donors (Lipinski definition) is 1. The molecule has 3 rings (SSSR count). The number of halogens is 1. The second-order valence-electron chi connectivity index (χ2n) is 5.54. The van der Waals surface area contributed by atoms with Crippen molar-refractivity contribution < 1.29 is 9.59 Å². The number of anilines is 2. The van der Waals surface area contributed by atoms with Gasteiger partial charge in [-0.1, -0.05) is 22.0 Å². The van der Waals surface area contributed by atoms with Crippen molar-refractivity contribution >= 4 is 39.2 Å². The van der Waals surface area contributed by atoms with Gasteiger partial charge in [0, 0.05) is 29.3 Å². The monoisotopic (exact) mass is 373 g/mol. The Labute approximate surface area is 142 Å². The number of benzene rings is 1. The predicted octanol–water partition coefficient (Wildman–Crippen LogP) is 3.14. The number of aryl methyl sites for hydroxylation is 1. The first kappa shape index (κ1) is 15.7. The Kier molecular flexibility index (Phi) is 4.43. The van der Waals surface area contributed by atoms with Gasteiger partial charge >= 0.3 is 0 Å². The van der Waals surface area contributed by atoms with Gasteiger partial charge in [0.1, 0.15) is 5.82 Å². The number of aromatic nitrogens is 1. The van der Waals surface area contributed by atoms with Gasteiger partial charge in [0.25, 0.3) is 0 Å². The van der Waals surface area contributed by atoms with Crippen molar-refractivity contribution in [1.29, 1.82) is 0 Å². The van der Waals surface area contributed by atoms with E-state index in [1.165, 1.54) is 0 Å². The van der Waals surface area contributed by atoms with E-state index in [1.807, 2.05) is 43.3 Å². The number of nitrogens with one attached hydrogen (secondary N) is 1. The highest BCUT2D eigenvalue weighted by Crippen LogP contribution is 2.27. The van der Waals surface area contributed by atoms with Crippen LogP contribution < -0.4 is 10.2 Å². The zero-order valence-electron chi connectivity index (χ0n) is 12.6. The number of hydrogen-bond acceptors (Lipinski definition) is 3. The summed E-state index contributed by atoms with van der Waals surface area (Å²) in [4.78, 5) is 30.4. The van der Waals surface area contributed by atoms with E-state index >= 15 is 0 Å². The van der Waals surface area contributed by atoms with Gasteiger partial charge in [0.05, 0.1) is 5.92 Å². The fourth-order valence-corrected chi connectivity index (χ4v) is 2.85. The SMILES string of the molecule is Cc1cccnc1NC(=O)C1CC(=O)N(c2ccc(Br)cc2)C1. The van der Waals surface area contributed by atoms with Crippen LogP contribution in [0.4, 0.5) is 11.5 Å². The zero-order chi connectivity index (χ0) is 16.4. The minimum Gasteiger partial charge on any atom is -0.312 e. The maximum absolute atomic E-state index is 12.4. The zero-order valence-corrected chi connectivity index (χ0v) is 14.2. The average molecular weight is 374 g/mol. The number of nitrogens with zero attached hydrogens (tertiary/aromatic N) is 2. The topological polar surface area (TPSA) is 62.3 Å². The standard InChI is InChI=1S/C17H16BrN3O2/c1-11-3-2-8-19-16(11)20-17(23)12-9-15(22)21(10-12)14-6-4-13(18)5-7-14/h2-8,12H,9-10H2,1H3,(H,19,20,23). The first-order valence-corrected chi connectivity index (χ1v) is 8.12. The van der Waals surface area contributed by atoms with E-state index in [-0.39, 0.29) is 24.2 Å². The third kappa shape index (κ3) is 3.42. The van der Waals surface area contributed by atoms with Crippen LogP contribution in [-0.2, 0) is 9.59 Å². The molecule has 0 saturated carbocycles. The van der Waals surface area contributed by atoms with Crippen molar-refractivity contribution in [2.24, 2.45) is 5.92 Å². The summed E-state index contributed by atoms with van der Waals surface area (Å²) in [5.41, 5.74) is 1.71. The summed E-state index contributed by atoms with van der Waals surface area (Å²) in [7, 11) is 0. The van der Waals surface area contributed by atoms with Crippen molar-refractivity contribution in [3.8, 4) is 0 Å². The second-order valence-corrected chi connectivity index (χ2v) is 6.46. The molecule has 1 aliphatic heterocycles. The van der Waals surface area contributed by atoms with Crippen LogP contribution in [0.15, 0.2) is 47.1 Å². The largest absolute Gasteiger partial charge is 0.312 e. The third-order valence-electron chi connectivity index (χ3n) is 3.89. The van der Waals surface area contributed by atoms with Crippen LogP contribution in [0.25, 0.3) is 0 Å². The van der Waals surface area contributed by atoms with E-state index in [1.54, 1.807) is 11.1 Å². The molecule has 5 nitrogen and oxygen atoms in total. The van der Waals surface area contributed by atoms with Gasteiger partial charge in [-0.05, 0) is 42.8 Å². The molecule has 0 radical (unpaired) electrons. The molecule has 0 bridgehead atoms. The predicted molar refractivity (Wildman–Crippen MR) is 92.2 cm³/mol. The Balaban J connectivity index is 1.71. The first-order valence-electron chi connectivity index (χ1n) is 7.33. The molecule has 118 valence electrons. The Morgan fingerprint density at radius 2 is 2.04 bits per heavy atom. The molecular formula is C17H16BrN3O2. The second kappa shape index (κ2) is 6.50. The highest BCUT2D eigenvalue weighted by molar-refractivity contribution is 9.10. The van der Waals surface area contributed by atoms with Crippen molar-refractivity contribution in [2.45, 2.75) is 13.3 Å². The Bertz CT molecular complexity index is 746. The molecule has 2 heterocycles. The maximum Gasteiger partial charge on any atom is 0.230 e. The summed E-state index contributed by atoms with van der Waals surface area (Å²) in [5, 5.41) is 2.82. The van der Waals surface area contributed by atoms with E-state index in [0.717, 1.165) is 15.7 Å². The fraction of sp³-hybridized carbons (Fsp3) is 0.235. The maximum atomic E-state index is 12.4. The molecule has 23 heavy (non-hydrogen) atoms. The fourth-order valence-electron chi connectivity index (χ4n) is 2.59. The van der Waals surface area contributed by atoms with E-state index in [9.17, 15) is 9.59 Å². The van der Waals surface area contributed by atoms with Crippen LogP contribution in [0.5, 0.6) is 0 Å². The van der Waals surface area contributed by atoms with Crippen molar-refractivity contribution in [3.05, 3.63) is 52.6 Å². The van der Waals surface area contributed by atoms with Gasteiger partial charge in [-0.25, -0.2) is 4.98 Å². The molecule has 0 spiro atoms. The molecular weight excluding hydrogens is 358 g/mol. The molecule has 1 atom stereocenters. The summed E-state index contributed by atoms with van der Waals surface area (Å²) in [6.07, 6.45) is 1.85. The highest BCUT2D eigenvalue weighted by Gasteiger charge is 2.35. The summed E-state index contributed by atoms with van der Waals surface area (Å²) in [5.74, 6) is -0.0235. The van der Waals surface area contributed by atoms with Gasteiger partial charge < -0.3 is 10.2 Å². The molecule has 2 aromatic rings. The summed E-state index contributed by atoms with van der Waals surface area (Å²) in [6.45, 7) is 2.27. The Morgan fingerprint density at radius 1 is 1.30 bits per heavy atom. The van der Waals surface area contributed by atoms with E-state index in [4.69, 9.17) is 0 Å². The number of rotatable bonds is 3. The molecule has 0 aliphatic carbocycles. The molecule has 1 aromatic heterocycles. The minimum atomic E-state index is -0.368. The molecule has 1 saturated heterocycles. The lowest BCUT2D eigenvalue weighted by Gasteiger charge is -2.17. The van der Waals surface area contributed by atoms with Gasteiger partial charge in [-0.15, -0.1) is 0 Å². The molecule has 2 amide bonds. The minimum absolute atomic E-state index is 0.0368. The molecule has 1 aromatic carbocycles. The molecule has 1 aliphatic rings. The smallest absolute Gasteiger partial charge is 0.230 e. The lowest BCUT2D eigenvalue weighted by atomic mass is 10.1. The van der Waals surface area contributed by atoms with E-state index < -0.39 is 0 Å². The Hall–Kier alpha value is -2.21. The molecule has 1 N–H and O–H groups in total. The quantitative estimate of drug-likeness (QED) is 0.898. The number of pyridine rings is 1. The lowest BCUT2D eigenvalue weighted by Crippen LogP contribution is -2.28. The molecule has 6 heteroatoms. The summed E-state index contributed by atoms with van der Waals surface area (Å²) >= 11 is 3.37. The lowest BCUT2D eigenvalue weighted by molar-refractivity contribution is -0.122. The van der Waals surface area contributed by atoms with Crippen LogP contribution in [-0.4, -0.2) is 23.3 Å². The number of carbonyl (C=O) groups is 2. The van der Waals surface area contributed by atoms with Crippen molar-refractivity contribution in [2.75, 3.05) is 16.8 Å². The number of amides is 2. The van der Waals surface area contributed by atoms with Crippen LogP contribution in [0.3, 0.4) is 0 Å².